The molecule has 0 spiro atoms. The summed E-state index contributed by atoms with van der Waals surface area (Å²) in [6, 6.07) is 32.2. The number of anilines is 2. The minimum absolute atomic E-state index is 0.0947. The van der Waals surface area contributed by atoms with Gasteiger partial charge in [-0.2, -0.15) is 0 Å². The van der Waals surface area contributed by atoms with Crippen LogP contribution >= 0.6 is 11.8 Å². The number of aryl methyl sites for hydroxylation is 1. The number of rotatable bonds is 8. The van der Waals surface area contributed by atoms with E-state index < -0.39 is 17.1 Å². The predicted molar refractivity (Wildman–Crippen MR) is 161 cm³/mol. The van der Waals surface area contributed by atoms with Gasteiger partial charge in [-0.15, -0.1) is 11.8 Å². The highest BCUT2D eigenvalue weighted by Gasteiger charge is 2.40. The number of hydrogen-bond donors (Lipinski definition) is 2. The van der Waals surface area contributed by atoms with Gasteiger partial charge in [0.25, 0.3) is 11.8 Å². The van der Waals surface area contributed by atoms with Crippen LogP contribution < -0.4 is 15.5 Å². The van der Waals surface area contributed by atoms with Crippen molar-refractivity contribution in [3.63, 3.8) is 0 Å². The number of thioether (sulfide) groups is 1. The van der Waals surface area contributed by atoms with Crippen LogP contribution in [-0.4, -0.2) is 28.9 Å². The van der Waals surface area contributed by atoms with Crippen LogP contribution in [0, 0.1) is 6.92 Å². The average Bonchev–Trinajstić information content (AvgIpc) is 3.27. The molecule has 4 aromatic carbocycles. The van der Waals surface area contributed by atoms with E-state index in [0.717, 1.165) is 16.0 Å². The van der Waals surface area contributed by atoms with Crippen LogP contribution in [0.1, 0.15) is 27.9 Å². The van der Waals surface area contributed by atoms with Gasteiger partial charge in [0.05, 0.1) is 10.9 Å². The molecule has 0 bridgehead atoms. The minimum Gasteiger partial charge on any atom is -0.321 e. The fourth-order valence-corrected chi connectivity index (χ4v) is 5.35. The molecule has 5 rings (SSSR count). The van der Waals surface area contributed by atoms with Crippen molar-refractivity contribution >= 4 is 52.8 Å². The van der Waals surface area contributed by atoms with Gasteiger partial charge in [-0.05, 0) is 67.1 Å². The lowest BCUT2D eigenvalue weighted by molar-refractivity contribution is -0.121. The highest BCUT2D eigenvalue weighted by Crippen LogP contribution is 2.34. The van der Waals surface area contributed by atoms with E-state index in [1.165, 1.54) is 16.7 Å². The zero-order valence-electron chi connectivity index (χ0n) is 22.2. The molecule has 1 heterocycles. The standard InChI is InChI=1S/C33H27N3O4S/c1-22-12-14-23(15-13-22)20-28(35-31(38)24-8-4-2-5-9-24)32(39)34-25-16-18-27(19-17-25)41-29-21-30(37)36(33(29)40)26-10-6-3-7-11-26/h2-20,29H,21H2,1H3,(H,34,39)(H,35,38)/b28-20-. The molecule has 0 saturated carbocycles. The molecular formula is C33H27N3O4S. The van der Waals surface area contributed by atoms with E-state index in [0.29, 0.717) is 16.9 Å². The summed E-state index contributed by atoms with van der Waals surface area (Å²) in [5.41, 5.74) is 3.46. The van der Waals surface area contributed by atoms with Gasteiger partial charge in [0.2, 0.25) is 11.8 Å². The Labute approximate surface area is 242 Å². The lowest BCUT2D eigenvalue weighted by Crippen LogP contribution is -2.31. The lowest BCUT2D eigenvalue weighted by atomic mass is 10.1. The molecule has 0 aromatic heterocycles. The number of nitrogens with zero attached hydrogens (tertiary/aromatic N) is 1. The number of hydrogen-bond acceptors (Lipinski definition) is 5. The molecular weight excluding hydrogens is 534 g/mol. The summed E-state index contributed by atoms with van der Waals surface area (Å²) in [7, 11) is 0. The Hall–Kier alpha value is -4.95. The Balaban J connectivity index is 1.28. The van der Waals surface area contributed by atoms with Crippen molar-refractivity contribution in [2.45, 2.75) is 23.5 Å². The summed E-state index contributed by atoms with van der Waals surface area (Å²) in [5.74, 6) is -1.35. The van der Waals surface area contributed by atoms with Crippen LogP contribution in [-0.2, 0) is 14.4 Å². The third kappa shape index (κ3) is 6.80. The van der Waals surface area contributed by atoms with Crippen LogP contribution in [0.2, 0.25) is 0 Å². The third-order valence-electron chi connectivity index (χ3n) is 6.43. The number of nitrogens with one attached hydrogen (secondary N) is 2. The molecule has 1 aliphatic rings. The Morgan fingerprint density at radius 1 is 0.829 bits per heavy atom. The van der Waals surface area contributed by atoms with Crippen molar-refractivity contribution < 1.29 is 19.2 Å². The smallest absolute Gasteiger partial charge is 0.272 e. The molecule has 41 heavy (non-hydrogen) atoms. The van der Waals surface area contributed by atoms with Crippen molar-refractivity contribution in [3.05, 3.63) is 132 Å². The molecule has 1 aliphatic heterocycles. The summed E-state index contributed by atoms with van der Waals surface area (Å²) in [4.78, 5) is 53.6. The Morgan fingerprint density at radius 2 is 1.46 bits per heavy atom. The van der Waals surface area contributed by atoms with Crippen molar-refractivity contribution in [2.24, 2.45) is 0 Å². The predicted octanol–water partition coefficient (Wildman–Crippen LogP) is 5.83. The second-order valence-electron chi connectivity index (χ2n) is 9.48. The molecule has 7 nitrogen and oxygen atoms in total. The largest absolute Gasteiger partial charge is 0.321 e. The number of imide groups is 1. The topological polar surface area (TPSA) is 95.6 Å². The Bertz CT molecular complexity index is 1600. The molecule has 8 heteroatoms. The van der Waals surface area contributed by atoms with Gasteiger partial charge in [-0.25, -0.2) is 4.90 Å². The van der Waals surface area contributed by atoms with Gasteiger partial charge in [0.15, 0.2) is 0 Å². The first-order chi connectivity index (χ1) is 19.9. The molecule has 1 unspecified atom stereocenters. The van der Waals surface area contributed by atoms with E-state index >= 15 is 0 Å². The van der Waals surface area contributed by atoms with Gasteiger partial charge in [0, 0.05) is 22.6 Å². The highest BCUT2D eigenvalue weighted by molar-refractivity contribution is 8.00. The number of para-hydroxylation sites is 1. The minimum atomic E-state index is -0.527. The SMILES string of the molecule is Cc1ccc(/C=C(\NC(=O)c2ccccc2)C(=O)Nc2ccc(SC3CC(=O)N(c4ccccc4)C3=O)cc2)cc1. The van der Waals surface area contributed by atoms with E-state index in [1.807, 2.05) is 43.3 Å². The second kappa shape index (κ2) is 12.5. The molecule has 0 aliphatic carbocycles. The van der Waals surface area contributed by atoms with Crippen LogP contribution in [0.3, 0.4) is 0 Å². The second-order valence-corrected chi connectivity index (χ2v) is 10.8. The number of benzene rings is 4. The first-order valence-corrected chi connectivity index (χ1v) is 13.9. The molecule has 1 fully saturated rings. The van der Waals surface area contributed by atoms with Crippen LogP contribution in [0.4, 0.5) is 11.4 Å². The van der Waals surface area contributed by atoms with Crippen molar-refractivity contribution in [3.8, 4) is 0 Å². The van der Waals surface area contributed by atoms with Crippen LogP contribution in [0.25, 0.3) is 6.08 Å². The normalized spacial score (nSPS) is 15.1. The van der Waals surface area contributed by atoms with E-state index in [9.17, 15) is 19.2 Å². The fourth-order valence-electron chi connectivity index (χ4n) is 4.30. The molecule has 0 radical (unpaired) electrons. The lowest BCUT2D eigenvalue weighted by Gasteiger charge is -2.15. The van der Waals surface area contributed by atoms with Crippen molar-refractivity contribution in [1.82, 2.24) is 5.32 Å². The van der Waals surface area contributed by atoms with E-state index in [-0.39, 0.29) is 23.9 Å². The maximum atomic E-state index is 13.3. The van der Waals surface area contributed by atoms with E-state index in [4.69, 9.17) is 0 Å². The molecule has 1 atom stereocenters. The Morgan fingerprint density at radius 3 is 2.12 bits per heavy atom. The zero-order chi connectivity index (χ0) is 28.8. The van der Waals surface area contributed by atoms with Crippen molar-refractivity contribution in [1.29, 1.82) is 0 Å². The van der Waals surface area contributed by atoms with Crippen LogP contribution in [0.15, 0.2) is 120 Å². The zero-order valence-corrected chi connectivity index (χ0v) is 23.1. The third-order valence-corrected chi connectivity index (χ3v) is 7.62. The van der Waals surface area contributed by atoms with E-state index in [1.54, 1.807) is 78.9 Å². The number of amides is 4. The van der Waals surface area contributed by atoms with Gasteiger partial charge >= 0.3 is 0 Å². The maximum Gasteiger partial charge on any atom is 0.272 e. The first kappa shape index (κ1) is 27.6. The number of carbonyl (C=O) groups is 4. The number of carbonyl (C=O) groups excluding carboxylic acids is 4. The van der Waals surface area contributed by atoms with Gasteiger partial charge in [-0.1, -0.05) is 66.2 Å². The van der Waals surface area contributed by atoms with Gasteiger partial charge < -0.3 is 10.6 Å². The summed E-state index contributed by atoms with van der Waals surface area (Å²) in [5, 5.41) is 5.04. The first-order valence-electron chi connectivity index (χ1n) is 13.0. The molecule has 4 aromatic rings. The highest BCUT2D eigenvalue weighted by atomic mass is 32.2. The van der Waals surface area contributed by atoms with E-state index in [2.05, 4.69) is 10.6 Å². The summed E-state index contributed by atoms with van der Waals surface area (Å²) in [6.07, 6.45) is 1.74. The average molecular weight is 562 g/mol. The molecule has 204 valence electrons. The maximum absolute atomic E-state index is 13.3. The Kier molecular flexibility index (Phi) is 8.41. The van der Waals surface area contributed by atoms with Crippen LogP contribution in [0.5, 0.6) is 0 Å². The summed E-state index contributed by atoms with van der Waals surface area (Å²) >= 11 is 1.31. The summed E-state index contributed by atoms with van der Waals surface area (Å²) < 4.78 is 0. The quantitative estimate of drug-likeness (QED) is 0.209. The molecule has 1 saturated heterocycles. The molecule has 2 N–H and O–H groups in total. The monoisotopic (exact) mass is 561 g/mol. The van der Waals surface area contributed by atoms with Gasteiger partial charge in [0.1, 0.15) is 5.70 Å². The fraction of sp³-hybridized carbons (Fsp3) is 0.0909. The molecule has 4 amide bonds. The van der Waals surface area contributed by atoms with Gasteiger partial charge in [-0.3, -0.25) is 19.2 Å². The van der Waals surface area contributed by atoms with Crippen molar-refractivity contribution in [2.75, 3.05) is 10.2 Å². The summed E-state index contributed by atoms with van der Waals surface area (Å²) in [6.45, 7) is 1.97.